The van der Waals surface area contributed by atoms with Crippen molar-refractivity contribution in [2.45, 2.75) is 19.9 Å². The maximum Gasteiger partial charge on any atom is 0.329 e. The SMILES string of the molecule is CCOC(=O)C(C)N1C(=O)S/C(=C/c2ccc(Oc3ccc([N+](=O)[O-])cn3)cc2)C1=O. The Balaban J connectivity index is 1.70. The number of carbonyl (C=O) groups is 3. The van der Waals surface area contributed by atoms with E-state index in [1.165, 1.54) is 25.1 Å². The van der Waals surface area contributed by atoms with Crippen molar-refractivity contribution >= 4 is 40.6 Å². The van der Waals surface area contributed by atoms with Crippen LogP contribution in [0.1, 0.15) is 19.4 Å². The van der Waals surface area contributed by atoms with Gasteiger partial charge in [-0.2, -0.15) is 0 Å². The molecule has 1 atom stereocenters. The molecule has 0 N–H and O–H groups in total. The summed E-state index contributed by atoms with van der Waals surface area (Å²) in [5, 5.41) is 10.1. The van der Waals surface area contributed by atoms with E-state index in [1.54, 1.807) is 31.2 Å². The third-order valence-corrected chi connectivity index (χ3v) is 5.05. The first-order chi connectivity index (χ1) is 14.8. The van der Waals surface area contributed by atoms with Crippen molar-refractivity contribution < 1.29 is 28.8 Å². The molecule has 3 rings (SSSR count). The van der Waals surface area contributed by atoms with Gasteiger partial charge in [0.05, 0.1) is 16.4 Å². The Morgan fingerprint density at radius 1 is 1.26 bits per heavy atom. The highest BCUT2D eigenvalue weighted by Gasteiger charge is 2.41. The molecule has 1 aromatic heterocycles. The van der Waals surface area contributed by atoms with E-state index in [4.69, 9.17) is 9.47 Å². The lowest BCUT2D eigenvalue weighted by Gasteiger charge is -2.19. The second kappa shape index (κ2) is 9.39. The highest BCUT2D eigenvalue weighted by molar-refractivity contribution is 8.18. The molecule has 0 radical (unpaired) electrons. The summed E-state index contributed by atoms with van der Waals surface area (Å²) in [6.07, 6.45) is 2.63. The van der Waals surface area contributed by atoms with Crippen LogP contribution in [0.2, 0.25) is 0 Å². The topological polar surface area (TPSA) is 129 Å². The molecule has 2 aromatic rings. The van der Waals surface area contributed by atoms with Gasteiger partial charge in [0.1, 0.15) is 18.0 Å². The van der Waals surface area contributed by atoms with Crippen LogP contribution < -0.4 is 4.74 Å². The van der Waals surface area contributed by atoms with E-state index >= 15 is 0 Å². The first kappa shape index (κ1) is 22.0. The van der Waals surface area contributed by atoms with Crippen molar-refractivity contribution in [3.05, 3.63) is 63.2 Å². The number of hydrogen-bond donors (Lipinski definition) is 0. The molecular weight excluding hydrogens is 426 g/mol. The highest BCUT2D eigenvalue weighted by atomic mass is 32.2. The quantitative estimate of drug-likeness (QED) is 0.272. The summed E-state index contributed by atoms with van der Waals surface area (Å²) >= 11 is 0.745. The van der Waals surface area contributed by atoms with Gasteiger partial charge in [0, 0.05) is 12.1 Å². The second-order valence-corrected chi connectivity index (χ2v) is 7.26. The Kier molecular flexibility index (Phi) is 6.65. The van der Waals surface area contributed by atoms with Crippen LogP contribution in [0.25, 0.3) is 6.08 Å². The maximum absolute atomic E-state index is 12.6. The molecule has 11 heteroatoms. The molecular formula is C20H17N3O7S. The Bertz CT molecular complexity index is 1050. The van der Waals surface area contributed by atoms with Crippen LogP contribution >= 0.6 is 11.8 Å². The van der Waals surface area contributed by atoms with Gasteiger partial charge in [-0.05, 0) is 49.4 Å². The van der Waals surface area contributed by atoms with E-state index < -0.39 is 28.1 Å². The zero-order chi connectivity index (χ0) is 22.5. The van der Waals surface area contributed by atoms with Gasteiger partial charge in [0.2, 0.25) is 5.88 Å². The van der Waals surface area contributed by atoms with Gasteiger partial charge in [-0.1, -0.05) is 12.1 Å². The van der Waals surface area contributed by atoms with E-state index in [-0.39, 0.29) is 23.1 Å². The molecule has 0 aliphatic carbocycles. The molecule has 0 bridgehead atoms. The molecule has 1 aromatic carbocycles. The number of imide groups is 1. The number of benzene rings is 1. The van der Waals surface area contributed by atoms with Crippen molar-refractivity contribution in [1.29, 1.82) is 0 Å². The predicted molar refractivity (Wildman–Crippen MR) is 111 cm³/mol. The van der Waals surface area contributed by atoms with Crippen molar-refractivity contribution in [2.24, 2.45) is 0 Å². The molecule has 1 aliphatic heterocycles. The Morgan fingerprint density at radius 2 is 1.97 bits per heavy atom. The third kappa shape index (κ3) is 5.07. The van der Waals surface area contributed by atoms with Crippen LogP contribution in [0, 0.1) is 10.1 Å². The fourth-order valence-corrected chi connectivity index (χ4v) is 3.54. The van der Waals surface area contributed by atoms with Crippen molar-refractivity contribution in [1.82, 2.24) is 9.88 Å². The lowest BCUT2D eigenvalue weighted by molar-refractivity contribution is -0.385. The predicted octanol–water partition coefficient (Wildman–Crippen LogP) is 3.77. The molecule has 10 nitrogen and oxygen atoms in total. The van der Waals surface area contributed by atoms with E-state index in [0.717, 1.165) is 22.9 Å². The molecule has 2 amide bonds. The van der Waals surface area contributed by atoms with E-state index in [2.05, 4.69) is 4.98 Å². The fraction of sp³-hybridized carbons (Fsp3) is 0.200. The largest absolute Gasteiger partial charge is 0.464 e. The second-order valence-electron chi connectivity index (χ2n) is 6.26. The van der Waals surface area contributed by atoms with Crippen molar-refractivity contribution in [3.63, 3.8) is 0 Å². The van der Waals surface area contributed by atoms with Crippen molar-refractivity contribution in [3.8, 4) is 11.6 Å². The number of ether oxygens (including phenoxy) is 2. The number of pyridine rings is 1. The summed E-state index contributed by atoms with van der Waals surface area (Å²) in [5.74, 6) is -0.590. The van der Waals surface area contributed by atoms with Crippen LogP contribution in [0.5, 0.6) is 11.6 Å². The monoisotopic (exact) mass is 443 g/mol. The number of carbonyl (C=O) groups excluding carboxylic acids is 3. The standard InChI is InChI=1S/C20H17N3O7S/c1-3-29-19(25)12(2)22-18(24)16(31-20(22)26)10-13-4-7-15(8-5-13)30-17-9-6-14(11-21-17)23(27)28/h4-12H,3H2,1-2H3/b16-10+. The first-order valence-electron chi connectivity index (χ1n) is 9.12. The molecule has 0 saturated carbocycles. The van der Waals surface area contributed by atoms with Crippen LogP contribution in [0.4, 0.5) is 10.5 Å². The Morgan fingerprint density at radius 3 is 2.55 bits per heavy atom. The molecule has 1 unspecified atom stereocenters. The number of nitrogens with zero attached hydrogens (tertiary/aromatic N) is 3. The first-order valence-corrected chi connectivity index (χ1v) is 9.94. The number of nitro groups is 1. The smallest absolute Gasteiger partial charge is 0.329 e. The number of rotatable bonds is 7. The van der Waals surface area contributed by atoms with Crippen LogP contribution in [-0.2, 0) is 14.3 Å². The molecule has 1 saturated heterocycles. The van der Waals surface area contributed by atoms with Gasteiger partial charge in [-0.25, -0.2) is 9.78 Å². The molecule has 2 heterocycles. The zero-order valence-corrected chi connectivity index (χ0v) is 17.3. The van der Waals surface area contributed by atoms with Crippen molar-refractivity contribution in [2.75, 3.05) is 6.61 Å². The zero-order valence-electron chi connectivity index (χ0n) is 16.5. The van der Waals surface area contributed by atoms with E-state index in [1.807, 2.05) is 0 Å². The van der Waals surface area contributed by atoms with E-state index in [0.29, 0.717) is 11.3 Å². The lowest BCUT2D eigenvalue weighted by Crippen LogP contribution is -2.42. The summed E-state index contributed by atoms with van der Waals surface area (Å²) in [7, 11) is 0. The summed E-state index contributed by atoms with van der Waals surface area (Å²) < 4.78 is 10.4. The Hall–Kier alpha value is -3.73. The van der Waals surface area contributed by atoms with Gasteiger partial charge in [-0.3, -0.25) is 24.6 Å². The normalized spacial score (nSPS) is 15.8. The van der Waals surface area contributed by atoms with E-state index in [9.17, 15) is 24.5 Å². The van der Waals surface area contributed by atoms with Gasteiger partial charge in [0.15, 0.2) is 0 Å². The highest BCUT2D eigenvalue weighted by Crippen LogP contribution is 2.34. The fourth-order valence-electron chi connectivity index (χ4n) is 2.63. The molecule has 160 valence electrons. The molecule has 31 heavy (non-hydrogen) atoms. The number of aromatic nitrogens is 1. The average molecular weight is 443 g/mol. The van der Waals surface area contributed by atoms with Gasteiger partial charge in [-0.15, -0.1) is 0 Å². The molecule has 1 aliphatic rings. The van der Waals surface area contributed by atoms with Gasteiger partial charge < -0.3 is 9.47 Å². The minimum atomic E-state index is -1.01. The Labute approximate surface area is 181 Å². The van der Waals surface area contributed by atoms with Gasteiger partial charge in [0.25, 0.3) is 16.8 Å². The molecule has 0 spiro atoms. The minimum Gasteiger partial charge on any atom is -0.464 e. The van der Waals surface area contributed by atoms with Gasteiger partial charge >= 0.3 is 5.97 Å². The summed E-state index contributed by atoms with van der Waals surface area (Å²) in [5.41, 5.74) is 0.493. The van der Waals surface area contributed by atoms with Crippen LogP contribution in [-0.4, -0.2) is 44.6 Å². The third-order valence-electron chi connectivity index (χ3n) is 4.17. The summed E-state index contributed by atoms with van der Waals surface area (Å²) in [6.45, 7) is 3.23. The summed E-state index contributed by atoms with van der Waals surface area (Å²) in [4.78, 5) is 51.7. The number of thioether (sulfide) groups is 1. The minimum absolute atomic E-state index is 0.145. The number of esters is 1. The van der Waals surface area contributed by atoms with Crippen LogP contribution in [0.15, 0.2) is 47.5 Å². The number of hydrogen-bond acceptors (Lipinski definition) is 9. The lowest BCUT2D eigenvalue weighted by atomic mass is 10.2. The average Bonchev–Trinajstić information content (AvgIpc) is 3.02. The number of amides is 2. The van der Waals surface area contributed by atoms with Crippen LogP contribution in [0.3, 0.4) is 0 Å². The summed E-state index contributed by atoms with van der Waals surface area (Å²) in [6, 6.07) is 8.24. The maximum atomic E-state index is 12.6. The molecule has 1 fully saturated rings.